The lowest BCUT2D eigenvalue weighted by Crippen LogP contribution is -2.29. The maximum Gasteiger partial charge on any atom is 0.306 e. The van der Waals surface area contributed by atoms with Gasteiger partial charge in [-0.3, -0.25) is 9.59 Å². The molecule has 0 aromatic rings. The number of rotatable bonds is 6. The Morgan fingerprint density at radius 3 is 2.20 bits per heavy atom. The molecule has 0 N–H and O–H groups in total. The minimum atomic E-state index is -0.601. The highest BCUT2D eigenvalue weighted by atomic mass is 16.5. The van der Waals surface area contributed by atoms with Crippen molar-refractivity contribution >= 4 is 11.8 Å². The van der Waals surface area contributed by atoms with Crippen LogP contribution in [0.1, 0.15) is 47.5 Å². The van der Waals surface area contributed by atoms with E-state index >= 15 is 0 Å². The zero-order valence-corrected chi connectivity index (χ0v) is 10.4. The number of ether oxygens (including phenoxy) is 1. The van der Waals surface area contributed by atoms with Crippen molar-refractivity contribution in [3.05, 3.63) is 0 Å². The van der Waals surface area contributed by atoms with Crippen LogP contribution in [0.25, 0.3) is 0 Å². The predicted molar refractivity (Wildman–Crippen MR) is 59.5 cm³/mol. The molecule has 0 amide bonds. The lowest BCUT2D eigenvalue weighted by molar-refractivity contribution is -0.148. The quantitative estimate of drug-likeness (QED) is 0.638. The Labute approximate surface area is 92.2 Å². The first-order valence-electron chi connectivity index (χ1n) is 5.48. The molecule has 0 bridgehead atoms. The van der Waals surface area contributed by atoms with Gasteiger partial charge in [0.05, 0.1) is 13.0 Å². The summed E-state index contributed by atoms with van der Waals surface area (Å²) in [5.74, 6) is 0.170. The highest BCUT2D eigenvalue weighted by Gasteiger charge is 2.30. The van der Waals surface area contributed by atoms with Crippen LogP contribution in [-0.4, -0.2) is 18.4 Å². The second kappa shape index (κ2) is 5.89. The molecule has 0 atom stereocenters. The summed E-state index contributed by atoms with van der Waals surface area (Å²) in [6.07, 6.45) is 0.693. The SMILES string of the molecule is CCOC(=O)CC(C)(C)C(=O)CC(C)C. The number of carbonyl (C=O) groups is 2. The van der Waals surface area contributed by atoms with Crippen LogP contribution in [0.5, 0.6) is 0 Å². The Hall–Kier alpha value is -0.860. The molecular formula is C12H22O3. The first-order valence-corrected chi connectivity index (χ1v) is 5.48. The fraction of sp³-hybridized carbons (Fsp3) is 0.833. The normalized spacial score (nSPS) is 11.6. The van der Waals surface area contributed by atoms with E-state index < -0.39 is 5.41 Å². The first-order chi connectivity index (χ1) is 6.79. The summed E-state index contributed by atoms with van der Waals surface area (Å²) in [7, 11) is 0. The second-order valence-corrected chi connectivity index (χ2v) is 4.89. The molecule has 0 aliphatic rings. The Morgan fingerprint density at radius 1 is 1.27 bits per heavy atom. The standard InChI is InChI=1S/C12H22O3/c1-6-15-11(14)8-12(4,5)10(13)7-9(2)3/h9H,6-8H2,1-5H3. The zero-order valence-electron chi connectivity index (χ0n) is 10.4. The molecule has 0 unspecified atom stereocenters. The van der Waals surface area contributed by atoms with Crippen LogP contribution in [0.2, 0.25) is 0 Å². The molecule has 3 nitrogen and oxygen atoms in total. The minimum absolute atomic E-state index is 0.130. The monoisotopic (exact) mass is 214 g/mol. The molecule has 0 aliphatic heterocycles. The number of ketones is 1. The van der Waals surface area contributed by atoms with Crippen molar-refractivity contribution in [3.63, 3.8) is 0 Å². The summed E-state index contributed by atoms with van der Waals surface area (Å²) in [5.41, 5.74) is -0.601. The lowest BCUT2D eigenvalue weighted by Gasteiger charge is -2.22. The van der Waals surface area contributed by atoms with Gasteiger partial charge < -0.3 is 4.74 Å². The lowest BCUT2D eigenvalue weighted by atomic mass is 9.81. The van der Waals surface area contributed by atoms with E-state index in [2.05, 4.69) is 0 Å². The van der Waals surface area contributed by atoms with E-state index in [4.69, 9.17) is 4.74 Å². The third-order valence-electron chi connectivity index (χ3n) is 2.24. The van der Waals surface area contributed by atoms with Crippen molar-refractivity contribution in [1.82, 2.24) is 0 Å². The van der Waals surface area contributed by atoms with Crippen LogP contribution in [0, 0.1) is 11.3 Å². The fourth-order valence-electron chi connectivity index (χ4n) is 1.32. The summed E-state index contributed by atoms with van der Waals surface area (Å²) < 4.78 is 4.84. The Morgan fingerprint density at radius 2 is 1.80 bits per heavy atom. The van der Waals surface area contributed by atoms with Gasteiger partial charge in [0.25, 0.3) is 0 Å². The summed E-state index contributed by atoms with van der Waals surface area (Å²) in [6.45, 7) is 9.73. The van der Waals surface area contributed by atoms with E-state index in [1.165, 1.54) is 0 Å². The summed E-state index contributed by atoms with van der Waals surface area (Å²) in [5, 5.41) is 0. The van der Waals surface area contributed by atoms with Gasteiger partial charge in [-0.25, -0.2) is 0 Å². The molecule has 15 heavy (non-hydrogen) atoms. The van der Waals surface area contributed by atoms with Gasteiger partial charge in [-0.2, -0.15) is 0 Å². The predicted octanol–water partition coefficient (Wildman–Crippen LogP) is 2.58. The Kier molecular flexibility index (Phi) is 5.55. The van der Waals surface area contributed by atoms with Crippen LogP contribution in [-0.2, 0) is 14.3 Å². The van der Waals surface area contributed by atoms with Crippen LogP contribution >= 0.6 is 0 Å². The van der Waals surface area contributed by atoms with Gasteiger partial charge in [0, 0.05) is 11.8 Å². The third kappa shape index (κ3) is 5.55. The molecule has 0 aromatic heterocycles. The van der Waals surface area contributed by atoms with Crippen molar-refractivity contribution < 1.29 is 14.3 Å². The zero-order chi connectivity index (χ0) is 12.1. The van der Waals surface area contributed by atoms with Crippen molar-refractivity contribution in [1.29, 1.82) is 0 Å². The average Bonchev–Trinajstić information content (AvgIpc) is 2.01. The first kappa shape index (κ1) is 14.1. The number of hydrogen-bond acceptors (Lipinski definition) is 3. The van der Waals surface area contributed by atoms with Gasteiger partial charge in [-0.05, 0) is 12.8 Å². The fourth-order valence-corrected chi connectivity index (χ4v) is 1.32. The molecular weight excluding hydrogens is 192 g/mol. The van der Waals surface area contributed by atoms with E-state index in [-0.39, 0.29) is 18.2 Å². The smallest absolute Gasteiger partial charge is 0.306 e. The molecule has 0 aromatic carbocycles. The van der Waals surface area contributed by atoms with E-state index in [1.807, 2.05) is 13.8 Å². The molecule has 0 rings (SSSR count). The molecule has 0 spiro atoms. The van der Waals surface area contributed by atoms with E-state index in [0.717, 1.165) is 0 Å². The van der Waals surface area contributed by atoms with Gasteiger partial charge >= 0.3 is 5.97 Å². The van der Waals surface area contributed by atoms with E-state index in [9.17, 15) is 9.59 Å². The average molecular weight is 214 g/mol. The number of esters is 1. The highest BCUT2D eigenvalue weighted by molar-refractivity contribution is 5.88. The van der Waals surface area contributed by atoms with Crippen LogP contribution in [0.15, 0.2) is 0 Å². The number of hydrogen-bond donors (Lipinski definition) is 0. The molecule has 0 heterocycles. The van der Waals surface area contributed by atoms with Crippen molar-refractivity contribution in [2.75, 3.05) is 6.61 Å². The van der Waals surface area contributed by atoms with Crippen molar-refractivity contribution in [2.24, 2.45) is 11.3 Å². The number of carbonyl (C=O) groups excluding carboxylic acids is 2. The van der Waals surface area contributed by atoms with Gasteiger partial charge in [0.15, 0.2) is 0 Å². The van der Waals surface area contributed by atoms with E-state index in [1.54, 1.807) is 20.8 Å². The van der Waals surface area contributed by atoms with Gasteiger partial charge in [-0.15, -0.1) is 0 Å². The molecule has 0 saturated carbocycles. The van der Waals surface area contributed by atoms with Crippen LogP contribution in [0.3, 0.4) is 0 Å². The van der Waals surface area contributed by atoms with Crippen molar-refractivity contribution in [3.8, 4) is 0 Å². The molecule has 0 aliphatic carbocycles. The van der Waals surface area contributed by atoms with E-state index in [0.29, 0.717) is 18.9 Å². The van der Waals surface area contributed by atoms with Crippen LogP contribution in [0.4, 0.5) is 0 Å². The highest BCUT2D eigenvalue weighted by Crippen LogP contribution is 2.25. The molecule has 3 heteroatoms. The summed E-state index contributed by atoms with van der Waals surface area (Å²) in [4.78, 5) is 23.1. The molecule has 0 fully saturated rings. The van der Waals surface area contributed by atoms with Gasteiger partial charge in [0.2, 0.25) is 0 Å². The Bertz CT molecular complexity index is 229. The van der Waals surface area contributed by atoms with Crippen LogP contribution < -0.4 is 0 Å². The second-order valence-electron chi connectivity index (χ2n) is 4.89. The molecule has 0 saturated heterocycles. The molecule has 0 radical (unpaired) electrons. The van der Waals surface area contributed by atoms with Crippen molar-refractivity contribution in [2.45, 2.75) is 47.5 Å². The summed E-state index contributed by atoms with van der Waals surface area (Å²) in [6, 6.07) is 0. The maximum atomic E-state index is 11.8. The molecule has 88 valence electrons. The summed E-state index contributed by atoms with van der Waals surface area (Å²) >= 11 is 0. The van der Waals surface area contributed by atoms with Gasteiger partial charge in [0.1, 0.15) is 5.78 Å². The topological polar surface area (TPSA) is 43.4 Å². The number of Topliss-reactive ketones (excluding diaryl/α,β-unsaturated/α-hetero) is 1. The maximum absolute atomic E-state index is 11.8. The third-order valence-corrected chi connectivity index (χ3v) is 2.24. The van der Waals surface area contributed by atoms with Gasteiger partial charge in [-0.1, -0.05) is 27.7 Å². The minimum Gasteiger partial charge on any atom is -0.466 e. The largest absolute Gasteiger partial charge is 0.466 e. The Balaban J connectivity index is 4.27.